The molecule has 0 fully saturated rings. The first-order valence-electron chi connectivity index (χ1n) is 38.6. The number of anilines is 2. The van der Waals surface area contributed by atoms with Crippen LogP contribution in [0.4, 0.5) is 11.4 Å². The Hall–Kier alpha value is -6.67. The van der Waals surface area contributed by atoms with E-state index in [9.17, 15) is 0 Å². The Labute approximate surface area is 671 Å². The number of benzene rings is 8. The summed E-state index contributed by atoms with van der Waals surface area (Å²) in [5, 5.41) is 7.38. The van der Waals surface area contributed by atoms with Gasteiger partial charge in [-0.1, -0.05) is 277 Å². The van der Waals surface area contributed by atoms with Crippen molar-refractivity contribution >= 4 is 92.9 Å². The van der Waals surface area contributed by atoms with Crippen LogP contribution in [-0.2, 0) is 33.7 Å². The quantitative estimate of drug-likeness (QED) is 0.0350. The van der Waals surface area contributed by atoms with Crippen LogP contribution in [0, 0.1) is 6.42 Å². The number of fused-ring (bicyclic) bond motifs is 8. The first-order valence-corrected chi connectivity index (χ1v) is 47.1. The average molecular weight is 1610 g/mol. The van der Waals surface area contributed by atoms with Gasteiger partial charge in [-0.25, -0.2) is 0 Å². The number of para-hydroxylation sites is 2. The number of hydrogen-bond donors (Lipinski definition) is 0. The van der Waals surface area contributed by atoms with E-state index in [4.69, 9.17) is 51.4 Å². The van der Waals surface area contributed by atoms with Crippen LogP contribution in [0.1, 0.15) is 242 Å². The number of nitrogens with zero attached hydrogens (tertiary/aromatic N) is 5. The van der Waals surface area contributed by atoms with Crippen LogP contribution in [0.25, 0.3) is 66.3 Å². The molecule has 8 aromatic carbocycles. The van der Waals surface area contributed by atoms with Gasteiger partial charge in [-0.05, 0) is 207 Å². The third-order valence-electron chi connectivity index (χ3n) is 22.7. The average Bonchev–Trinajstić information content (AvgIpc) is 1.58. The molecule has 11 heteroatoms. The summed E-state index contributed by atoms with van der Waals surface area (Å²) in [4.78, 5) is 14.2. The van der Waals surface area contributed by atoms with Gasteiger partial charge >= 0.3 is 30.0 Å². The maximum absolute atomic E-state index is 7.62. The maximum atomic E-state index is 7.62. The van der Waals surface area contributed by atoms with Crippen molar-refractivity contribution in [1.82, 2.24) is 9.97 Å². The first-order chi connectivity index (χ1) is 51.2. The summed E-state index contributed by atoms with van der Waals surface area (Å²) in [6.07, 6.45) is 18.2. The SMILES string of the molecule is CC(C)c1ccc2c(-c3ccc4c(c3)C(C)(C)c3ccccc3-4)nccc2c1.CC1(C)c2ccccc2-c2ccc(-c3nccc4cc(Cl)ccc34)cc21.CCC(CC)c1cccc(C(CC)CC)c1N1C(Cl)=C(Cl)N(c2c(C(CC)CC)cccc2C(CC)CC)C1C[n+]1cccc(Cl)c1.C[CH-]C.[Zn+][Br]. The molecule has 14 rings (SSSR count). The molecule has 0 atom stereocenters. The Morgan fingerprint density at radius 3 is 1.23 bits per heavy atom. The Kier molecular flexibility index (Phi) is 28.3. The van der Waals surface area contributed by atoms with Crippen molar-refractivity contribution in [3.8, 4) is 44.8 Å². The fourth-order valence-corrected chi connectivity index (χ4v) is 17.8. The normalized spacial score (nSPS) is 13.8. The molecular weight excluding hydrogens is 1500 g/mol. The van der Waals surface area contributed by atoms with E-state index in [1.54, 1.807) is 0 Å². The van der Waals surface area contributed by atoms with Crippen LogP contribution in [0.2, 0.25) is 10.0 Å². The van der Waals surface area contributed by atoms with E-state index in [1.807, 2.05) is 69.2 Å². The summed E-state index contributed by atoms with van der Waals surface area (Å²) in [5.74, 6) is 2.17. The second kappa shape index (κ2) is 36.7. The van der Waals surface area contributed by atoms with E-state index in [0.717, 1.165) is 84.1 Å². The summed E-state index contributed by atoms with van der Waals surface area (Å²) in [7, 11) is 0. The van der Waals surface area contributed by atoms with Crippen molar-refractivity contribution in [3.63, 3.8) is 0 Å². The van der Waals surface area contributed by atoms with Gasteiger partial charge in [0.15, 0.2) is 25.1 Å². The second-order valence-electron chi connectivity index (χ2n) is 29.9. The van der Waals surface area contributed by atoms with Gasteiger partial charge in [0.05, 0.1) is 22.8 Å². The van der Waals surface area contributed by atoms with Gasteiger partial charge in [0.25, 0.3) is 0 Å². The van der Waals surface area contributed by atoms with Crippen molar-refractivity contribution in [2.75, 3.05) is 9.80 Å². The monoisotopic (exact) mass is 1600 g/mol. The molecule has 0 spiro atoms. The number of halogens is 5. The Morgan fingerprint density at radius 1 is 0.443 bits per heavy atom. The Bertz CT molecular complexity index is 4720. The zero-order chi connectivity index (χ0) is 76.3. The number of rotatable bonds is 19. The molecule has 3 aromatic heterocycles. The zero-order valence-electron chi connectivity index (χ0n) is 65.4. The van der Waals surface area contributed by atoms with Crippen LogP contribution in [-0.4, -0.2) is 16.1 Å². The number of hydrogen-bond acceptors (Lipinski definition) is 4. The third-order valence-corrected chi connectivity index (χ3v) is 23.9. The molecule has 0 unspecified atom stereocenters. The Balaban J connectivity index is 0.000000174. The number of pyridine rings is 3. The van der Waals surface area contributed by atoms with E-state index in [1.165, 1.54) is 116 Å². The van der Waals surface area contributed by atoms with Crippen molar-refractivity contribution in [3.05, 3.63) is 284 Å². The Morgan fingerprint density at radius 2 is 0.830 bits per heavy atom. The molecule has 0 saturated heterocycles. The van der Waals surface area contributed by atoms with Gasteiger partial charge in [0.2, 0.25) is 0 Å². The van der Waals surface area contributed by atoms with Gasteiger partial charge in [-0.15, -0.1) is 0 Å². The standard InChI is InChI=1S/C41H57Cl3N3.C27H25N.C24H18ClN.C3H7.BrH.Zn/c1-9-28(10-2)33-21-17-22-34(29(11-3)12-4)38(33)46-37(27-45-25-19-20-32(42)26-45)47(41(44)40(46)43)39-35(30(13-5)14-6)23-18-24-36(39)31(15-7)16-8;1-17(2)18-9-11-21-19(15-18)13-14-28-26(21)20-10-12-23-22-7-5-6-8-24(22)27(3,4)25(23)16-20;1-24(2)21-6-4-3-5-19(21)20-9-7-16(14-22(20)24)23-18-10-8-17(25)13-15(18)11-12-26-23;1-3-2;;/h17-26,28-31,37H,9-16,27H2,1-8H3;5-17H,1-4H3;3-14H,1-2H3;3H,1-2H3;1H;/q+1;;;-1;;+2/p-1. The predicted molar refractivity (Wildman–Crippen MR) is 458 cm³/mol. The molecule has 548 valence electrons. The van der Waals surface area contributed by atoms with Crippen molar-refractivity contribution in [2.24, 2.45) is 0 Å². The summed E-state index contributed by atoms with van der Waals surface area (Å²) in [6, 6.07) is 65.8. The molecule has 1 aliphatic heterocycles. The predicted octanol–water partition coefficient (Wildman–Crippen LogP) is 29.5. The molecule has 0 N–H and O–H groups in total. The van der Waals surface area contributed by atoms with E-state index in [-0.39, 0.29) is 17.0 Å². The zero-order valence-corrected chi connectivity index (χ0v) is 72.9. The fraction of sp³-hybridized carbons (Fsp3) is 0.347. The van der Waals surface area contributed by atoms with Gasteiger partial charge in [0.1, 0.15) is 15.3 Å². The van der Waals surface area contributed by atoms with Crippen LogP contribution in [0.5, 0.6) is 0 Å². The minimum absolute atomic E-state index is 0.00414. The van der Waals surface area contributed by atoms with Crippen molar-refractivity contribution < 1.29 is 20.9 Å². The molecule has 0 radical (unpaired) electrons. The molecule has 11 aromatic rings. The van der Waals surface area contributed by atoms with Gasteiger partial charge < -0.3 is 16.2 Å². The molecule has 106 heavy (non-hydrogen) atoms. The first kappa shape index (κ1) is 81.8. The van der Waals surface area contributed by atoms with Crippen LogP contribution in [0.15, 0.2) is 217 Å². The molecule has 0 saturated carbocycles. The molecule has 5 nitrogen and oxygen atoms in total. The van der Waals surface area contributed by atoms with Crippen molar-refractivity contribution in [2.45, 2.75) is 215 Å². The summed E-state index contributed by atoms with van der Waals surface area (Å²) in [6.45, 7) is 36.8. The molecule has 0 bridgehead atoms. The van der Waals surface area contributed by atoms with Crippen LogP contribution >= 0.6 is 60.0 Å². The van der Waals surface area contributed by atoms with E-state index >= 15 is 0 Å². The molecular formula is C95H107BrCl4N5Zn+. The van der Waals surface area contributed by atoms with E-state index in [2.05, 4.69) is 288 Å². The van der Waals surface area contributed by atoms with Gasteiger partial charge in [0, 0.05) is 56.2 Å². The fourth-order valence-electron chi connectivity index (χ4n) is 16.8. The molecule has 2 aliphatic carbocycles. The summed E-state index contributed by atoms with van der Waals surface area (Å²) in [5.41, 5.74) is 24.7. The minimum atomic E-state index is -0.203. The van der Waals surface area contributed by atoms with E-state index < -0.39 is 0 Å². The molecule has 0 amide bonds. The van der Waals surface area contributed by atoms with Gasteiger partial charge in [-0.2, -0.15) is 18.4 Å². The molecule has 4 heterocycles. The van der Waals surface area contributed by atoms with Crippen molar-refractivity contribution in [1.29, 1.82) is 0 Å². The van der Waals surface area contributed by atoms with E-state index in [0.29, 0.717) is 51.5 Å². The van der Waals surface area contributed by atoms with Crippen LogP contribution < -0.4 is 14.4 Å². The third kappa shape index (κ3) is 16.6. The molecule has 3 aliphatic rings. The topological polar surface area (TPSA) is 36.1 Å². The summed E-state index contributed by atoms with van der Waals surface area (Å²) >= 11 is 32.3. The van der Waals surface area contributed by atoms with Crippen LogP contribution in [0.3, 0.4) is 0 Å². The number of aromatic nitrogens is 3. The summed E-state index contributed by atoms with van der Waals surface area (Å²) < 4.78 is 2.19. The van der Waals surface area contributed by atoms with Gasteiger partial charge in [-0.3, -0.25) is 9.97 Å². The second-order valence-corrected chi connectivity index (χ2v) is 31.5.